The van der Waals surface area contributed by atoms with Crippen molar-refractivity contribution < 1.29 is 5.11 Å². The highest BCUT2D eigenvalue weighted by molar-refractivity contribution is 4.84. The van der Waals surface area contributed by atoms with Crippen LogP contribution in [0.5, 0.6) is 0 Å². The number of aliphatic hydroxyl groups is 1. The van der Waals surface area contributed by atoms with Crippen molar-refractivity contribution in [1.82, 2.24) is 10.2 Å². The lowest BCUT2D eigenvalue weighted by molar-refractivity contribution is 0.0182. The molecule has 0 bridgehead atoms. The summed E-state index contributed by atoms with van der Waals surface area (Å²) in [5.74, 6) is 0.677. The van der Waals surface area contributed by atoms with E-state index in [1.807, 2.05) is 20.9 Å². The van der Waals surface area contributed by atoms with Crippen LogP contribution in [0.25, 0.3) is 0 Å². The van der Waals surface area contributed by atoms with E-state index in [-0.39, 0.29) is 0 Å². The van der Waals surface area contributed by atoms with E-state index >= 15 is 0 Å². The number of nitrogens with one attached hydrogen (secondary N) is 1. The summed E-state index contributed by atoms with van der Waals surface area (Å²) in [5, 5.41) is 13.1. The molecule has 0 amide bonds. The molecule has 0 radical (unpaired) electrons. The second-order valence-corrected chi connectivity index (χ2v) is 5.21. The average molecular weight is 200 g/mol. The third-order valence-electron chi connectivity index (χ3n) is 2.97. The van der Waals surface area contributed by atoms with E-state index in [1.165, 1.54) is 6.42 Å². The largest absolute Gasteiger partial charge is 0.389 e. The molecular weight excluding hydrogens is 176 g/mol. The molecule has 2 atom stereocenters. The standard InChI is InChI=1S/C11H24N2O/c1-9-7-13(8-11(2,3)14)6-5-10(9)12-4/h9-10,12,14H,5-8H2,1-4H3. The zero-order valence-corrected chi connectivity index (χ0v) is 9.88. The maximum Gasteiger partial charge on any atom is 0.0718 e. The molecule has 2 N–H and O–H groups in total. The molecule has 0 spiro atoms. The van der Waals surface area contributed by atoms with Gasteiger partial charge in [0.15, 0.2) is 0 Å². The van der Waals surface area contributed by atoms with Gasteiger partial charge in [0, 0.05) is 19.1 Å². The second kappa shape index (κ2) is 4.60. The number of β-amino-alcohol motifs (C(OH)–C–C–N with tert-alkyl or cyclic N) is 1. The van der Waals surface area contributed by atoms with Crippen molar-refractivity contribution in [3.63, 3.8) is 0 Å². The first-order valence-corrected chi connectivity index (χ1v) is 5.54. The topological polar surface area (TPSA) is 35.5 Å². The highest BCUT2D eigenvalue weighted by Gasteiger charge is 2.27. The van der Waals surface area contributed by atoms with Gasteiger partial charge in [-0.25, -0.2) is 0 Å². The lowest BCUT2D eigenvalue weighted by Crippen LogP contribution is -2.50. The van der Waals surface area contributed by atoms with Crippen LogP contribution in [-0.2, 0) is 0 Å². The van der Waals surface area contributed by atoms with E-state index < -0.39 is 5.60 Å². The van der Waals surface area contributed by atoms with Gasteiger partial charge in [0.25, 0.3) is 0 Å². The molecule has 1 saturated heterocycles. The van der Waals surface area contributed by atoms with Gasteiger partial charge in [-0.2, -0.15) is 0 Å². The summed E-state index contributed by atoms with van der Waals surface area (Å²) in [6, 6.07) is 0.646. The van der Waals surface area contributed by atoms with Crippen molar-refractivity contribution in [1.29, 1.82) is 0 Å². The molecule has 2 unspecified atom stereocenters. The van der Waals surface area contributed by atoms with Gasteiger partial charge >= 0.3 is 0 Å². The fourth-order valence-electron chi connectivity index (χ4n) is 2.35. The van der Waals surface area contributed by atoms with Crippen LogP contribution < -0.4 is 5.32 Å². The van der Waals surface area contributed by atoms with Gasteiger partial charge in [0.2, 0.25) is 0 Å². The van der Waals surface area contributed by atoms with Crippen LogP contribution in [0, 0.1) is 5.92 Å². The molecule has 1 fully saturated rings. The Balaban J connectivity index is 2.39. The minimum absolute atomic E-state index is 0.563. The molecule has 1 aliphatic rings. The van der Waals surface area contributed by atoms with Crippen LogP contribution in [0.15, 0.2) is 0 Å². The number of nitrogens with zero attached hydrogens (tertiary/aromatic N) is 1. The lowest BCUT2D eigenvalue weighted by atomic mass is 9.93. The second-order valence-electron chi connectivity index (χ2n) is 5.21. The molecule has 1 aliphatic heterocycles. The fourth-order valence-corrected chi connectivity index (χ4v) is 2.35. The fraction of sp³-hybridized carbons (Fsp3) is 1.00. The highest BCUT2D eigenvalue weighted by Crippen LogP contribution is 2.18. The molecule has 14 heavy (non-hydrogen) atoms. The van der Waals surface area contributed by atoms with E-state index in [2.05, 4.69) is 17.1 Å². The molecule has 1 rings (SSSR count). The van der Waals surface area contributed by atoms with Gasteiger partial charge in [-0.1, -0.05) is 6.92 Å². The number of piperidine rings is 1. The molecular formula is C11H24N2O. The first-order valence-electron chi connectivity index (χ1n) is 5.54. The van der Waals surface area contributed by atoms with Gasteiger partial charge in [0.05, 0.1) is 5.60 Å². The first-order chi connectivity index (χ1) is 6.42. The number of rotatable bonds is 3. The van der Waals surface area contributed by atoms with Gasteiger partial charge < -0.3 is 15.3 Å². The summed E-state index contributed by atoms with van der Waals surface area (Å²) < 4.78 is 0. The van der Waals surface area contributed by atoms with Crippen molar-refractivity contribution in [2.75, 3.05) is 26.7 Å². The Bertz CT molecular complexity index is 177. The summed E-state index contributed by atoms with van der Waals surface area (Å²) in [7, 11) is 2.03. The summed E-state index contributed by atoms with van der Waals surface area (Å²) >= 11 is 0. The van der Waals surface area contributed by atoms with Gasteiger partial charge in [0.1, 0.15) is 0 Å². The quantitative estimate of drug-likeness (QED) is 0.703. The number of hydrogen-bond acceptors (Lipinski definition) is 3. The van der Waals surface area contributed by atoms with Crippen LogP contribution >= 0.6 is 0 Å². The van der Waals surface area contributed by atoms with Gasteiger partial charge in [-0.05, 0) is 39.8 Å². The van der Waals surface area contributed by atoms with E-state index in [9.17, 15) is 5.11 Å². The number of likely N-dealkylation sites (tertiary alicyclic amines) is 1. The highest BCUT2D eigenvalue weighted by atomic mass is 16.3. The van der Waals surface area contributed by atoms with Crippen molar-refractivity contribution in [3.05, 3.63) is 0 Å². The SMILES string of the molecule is CNC1CCN(CC(C)(C)O)CC1C. The van der Waals surface area contributed by atoms with Crippen LogP contribution in [0.1, 0.15) is 27.2 Å². The van der Waals surface area contributed by atoms with Crippen LogP contribution in [-0.4, -0.2) is 48.3 Å². The third kappa shape index (κ3) is 3.56. The van der Waals surface area contributed by atoms with Crippen LogP contribution in [0.3, 0.4) is 0 Å². The Morgan fingerprint density at radius 3 is 2.57 bits per heavy atom. The smallest absolute Gasteiger partial charge is 0.0718 e. The minimum Gasteiger partial charge on any atom is -0.389 e. The van der Waals surface area contributed by atoms with Crippen molar-refractivity contribution in [3.8, 4) is 0 Å². The number of hydrogen-bond donors (Lipinski definition) is 2. The van der Waals surface area contributed by atoms with E-state index in [4.69, 9.17) is 0 Å². The summed E-state index contributed by atoms with van der Waals surface area (Å²) in [6.07, 6.45) is 1.19. The van der Waals surface area contributed by atoms with E-state index in [0.717, 1.165) is 19.6 Å². The van der Waals surface area contributed by atoms with E-state index in [0.29, 0.717) is 12.0 Å². The molecule has 3 heteroatoms. The predicted molar refractivity (Wildman–Crippen MR) is 59.4 cm³/mol. The van der Waals surface area contributed by atoms with Crippen molar-refractivity contribution in [2.24, 2.45) is 5.92 Å². The summed E-state index contributed by atoms with van der Waals surface area (Å²) in [6.45, 7) is 9.00. The molecule has 0 saturated carbocycles. The third-order valence-corrected chi connectivity index (χ3v) is 2.97. The maximum atomic E-state index is 9.72. The van der Waals surface area contributed by atoms with Crippen molar-refractivity contribution in [2.45, 2.75) is 38.8 Å². The average Bonchev–Trinajstić information content (AvgIpc) is 2.01. The van der Waals surface area contributed by atoms with Crippen LogP contribution in [0.2, 0.25) is 0 Å². The first kappa shape index (κ1) is 12.0. The summed E-state index contributed by atoms with van der Waals surface area (Å²) in [5.41, 5.74) is -0.563. The Kier molecular flexibility index (Phi) is 3.93. The molecule has 3 nitrogen and oxygen atoms in total. The minimum atomic E-state index is -0.563. The Morgan fingerprint density at radius 1 is 1.50 bits per heavy atom. The zero-order valence-electron chi connectivity index (χ0n) is 9.88. The molecule has 0 aromatic carbocycles. The maximum absolute atomic E-state index is 9.72. The molecule has 0 aromatic rings. The Labute approximate surface area is 87.5 Å². The molecule has 0 aliphatic carbocycles. The summed E-state index contributed by atoms with van der Waals surface area (Å²) in [4.78, 5) is 2.36. The molecule has 1 heterocycles. The Hall–Kier alpha value is -0.120. The predicted octanol–water partition coefficient (Wildman–Crippen LogP) is 0.687. The van der Waals surface area contributed by atoms with Crippen molar-refractivity contribution >= 4 is 0 Å². The molecule has 0 aromatic heterocycles. The van der Waals surface area contributed by atoms with E-state index in [1.54, 1.807) is 0 Å². The monoisotopic (exact) mass is 200 g/mol. The normalized spacial score (nSPS) is 30.6. The van der Waals surface area contributed by atoms with Crippen LogP contribution in [0.4, 0.5) is 0 Å². The lowest BCUT2D eigenvalue weighted by Gasteiger charge is -2.39. The van der Waals surface area contributed by atoms with Gasteiger partial charge in [-0.3, -0.25) is 0 Å². The molecule has 84 valence electrons. The zero-order chi connectivity index (χ0) is 10.8. The Morgan fingerprint density at radius 2 is 2.14 bits per heavy atom. The van der Waals surface area contributed by atoms with Gasteiger partial charge in [-0.15, -0.1) is 0 Å².